The Labute approximate surface area is 183 Å². The van der Waals surface area contributed by atoms with E-state index in [4.69, 9.17) is 5.11 Å². The van der Waals surface area contributed by atoms with Gasteiger partial charge in [0.1, 0.15) is 0 Å². The summed E-state index contributed by atoms with van der Waals surface area (Å²) in [7, 11) is 0. The second-order valence-electron chi connectivity index (χ2n) is 7.60. The average Bonchev–Trinajstić information content (AvgIpc) is 3.17. The highest BCUT2D eigenvalue weighted by Gasteiger charge is 2.30. The van der Waals surface area contributed by atoms with Crippen LogP contribution in [0.4, 0.5) is 13.2 Å². The summed E-state index contributed by atoms with van der Waals surface area (Å²) in [5.74, 6) is -1.01. The molecule has 1 heterocycles. The van der Waals surface area contributed by atoms with Gasteiger partial charge in [-0.15, -0.1) is 0 Å². The van der Waals surface area contributed by atoms with E-state index in [0.717, 1.165) is 45.8 Å². The molecule has 1 atom stereocenters. The number of aromatic nitrogens is 1. The first-order chi connectivity index (χ1) is 15.2. The largest absolute Gasteiger partial charge is 0.478 e. The van der Waals surface area contributed by atoms with Crippen LogP contribution in [0.1, 0.15) is 35.2 Å². The van der Waals surface area contributed by atoms with E-state index in [1.807, 2.05) is 65.4 Å². The number of halogens is 3. The molecule has 1 unspecified atom stereocenters. The molecular formula is C26H20F3NO2. The molecule has 0 spiro atoms. The number of carbonyl (C=O) groups is 1. The zero-order valence-electron chi connectivity index (χ0n) is 17.2. The van der Waals surface area contributed by atoms with E-state index < -0.39 is 17.7 Å². The van der Waals surface area contributed by atoms with Crippen molar-refractivity contribution in [1.82, 2.24) is 4.57 Å². The van der Waals surface area contributed by atoms with Crippen molar-refractivity contribution >= 4 is 22.4 Å². The number of alkyl halides is 3. The van der Waals surface area contributed by atoms with E-state index >= 15 is 0 Å². The fourth-order valence-corrected chi connectivity index (χ4v) is 3.91. The molecule has 4 aromatic rings. The van der Waals surface area contributed by atoms with Crippen molar-refractivity contribution in [1.29, 1.82) is 0 Å². The molecule has 0 aliphatic carbocycles. The smallest absolute Gasteiger partial charge is 0.416 e. The van der Waals surface area contributed by atoms with Crippen molar-refractivity contribution in [2.75, 3.05) is 0 Å². The Kier molecular flexibility index (Phi) is 5.61. The third-order valence-corrected chi connectivity index (χ3v) is 5.46. The summed E-state index contributed by atoms with van der Waals surface area (Å²) in [4.78, 5) is 11.0. The number of rotatable bonds is 5. The summed E-state index contributed by atoms with van der Waals surface area (Å²) in [6.45, 7) is 1.74. The van der Waals surface area contributed by atoms with Crippen LogP contribution in [-0.2, 0) is 11.0 Å². The summed E-state index contributed by atoms with van der Waals surface area (Å²) in [6, 6.07) is 22.1. The van der Waals surface area contributed by atoms with Gasteiger partial charge in [0.2, 0.25) is 0 Å². The molecular weight excluding hydrogens is 415 g/mol. The molecule has 4 rings (SSSR count). The molecule has 3 aromatic carbocycles. The predicted molar refractivity (Wildman–Crippen MR) is 118 cm³/mol. The van der Waals surface area contributed by atoms with Crippen LogP contribution < -0.4 is 0 Å². The Hall–Kier alpha value is -3.80. The number of hydrogen-bond acceptors (Lipinski definition) is 1. The summed E-state index contributed by atoms with van der Waals surface area (Å²) < 4.78 is 41.2. The fraction of sp³-hybridized carbons (Fsp3) is 0.115. The van der Waals surface area contributed by atoms with Gasteiger partial charge in [0, 0.05) is 23.2 Å². The van der Waals surface area contributed by atoms with Crippen molar-refractivity contribution in [2.45, 2.75) is 19.1 Å². The lowest BCUT2D eigenvalue weighted by molar-refractivity contribution is -0.137. The maximum Gasteiger partial charge on any atom is 0.416 e. The number of fused-ring (bicyclic) bond motifs is 1. The third-order valence-electron chi connectivity index (χ3n) is 5.46. The minimum Gasteiger partial charge on any atom is -0.478 e. The van der Waals surface area contributed by atoms with Crippen LogP contribution in [0.2, 0.25) is 0 Å². The van der Waals surface area contributed by atoms with E-state index in [9.17, 15) is 18.0 Å². The molecule has 0 fully saturated rings. The van der Waals surface area contributed by atoms with E-state index in [2.05, 4.69) is 0 Å². The molecule has 0 radical (unpaired) electrons. The van der Waals surface area contributed by atoms with Gasteiger partial charge >= 0.3 is 12.1 Å². The molecule has 0 bridgehead atoms. The predicted octanol–water partition coefficient (Wildman–Crippen LogP) is 6.79. The van der Waals surface area contributed by atoms with E-state index in [1.54, 1.807) is 6.92 Å². The van der Waals surface area contributed by atoms with Gasteiger partial charge in [-0.2, -0.15) is 13.2 Å². The standard InChI is InChI=1S/C26H20F3NO2/c1-17(15-24(31)32)20-9-12-23-21(16-20)13-14-30(23)25(18-5-3-2-4-6-18)19-7-10-22(11-8-19)26(27,28)29/h2-16,25H,1H3,(H,31,32). The first kappa shape index (κ1) is 21.4. The van der Waals surface area contributed by atoms with E-state index in [-0.39, 0.29) is 6.04 Å². The SMILES string of the molecule is CC(=CC(=O)O)c1ccc2c(ccn2C(c2ccccc2)c2ccc(C(F)(F)F)cc2)c1. The number of carboxylic acid groups (broad SMARTS) is 1. The molecule has 3 nitrogen and oxygen atoms in total. The van der Waals surface area contributed by atoms with Crippen LogP contribution >= 0.6 is 0 Å². The number of benzene rings is 3. The molecule has 6 heteroatoms. The van der Waals surface area contributed by atoms with Crippen LogP contribution in [0.15, 0.2) is 91.1 Å². The maximum absolute atomic E-state index is 13.1. The van der Waals surface area contributed by atoms with Crippen molar-refractivity contribution in [3.8, 4) is 0 Å². The van der Waals surface area contributed by atoms with Crippen LogP contribution in [-0.4, -0.2) is 15.6 Å². The Balaban J connectivity index is 1.83. The number of aliphatic carboxylic acids is 1. The molecule has 0 saturated heterocycles. The highest BCUT2D eigenvalue weighted by molar-refractivity contribution is 5.92. The second-order valence-corrected chi connectivity index (χ2v) is 7.60. The minimum atomic E-state index is -4.39. The molecule has 1 aromatic heterocycles. The molecule has 162 valence electrons. The maximum atomic E-state index is 13.1. The van der Waals surface area contributed by atoms with Gasteiger partial charge in [-0.25, -0.2) is 4.79 Å². The Morgan fingerprint density at radius 1 is 0.938 bits per heavy atom. The van der Waals surface area contributed by atoms with Crippen LogP contribution in [0, 0.1) is 0 Å². The molecule has 0 aliphatic rings. The Bertz CT molecular complexity index is 1290. The van der Waals surface area contributed by atoms with Crippen LogP contribution in [0.3, 0.4) is 0 Å². The first-order valence-corrected chi connectivity index (χ1v) is 9.98. The minimum absolute atomic E-state index is 0.322. The first-order valence-electron chi connectivity index (χ1n) is 9.98. The van der Waals surface area contributed by atoms with Gasteiger partial charge in [0.05, 0.1) is 11.6 Å². The normalized spacial score (nSPS) is 13.3. The quantitative estimate of drug-likeness (QED) is 0.351. The summed E-state index contributed by atoms with van der Waals surface area (Å²) in [6.07, 6.45) is -1.33. The van der Waals surface area contributed by atoms with Crippen LogP contribution in [0.5, 0.6) is 0 Å². The summed E-state index contributed by atoms with van der Waals surface area (Å²) >= 11 is 0. The summed E-state index contributed by atoms with van der Waals surface area (Å²) in [5.41, 5.74) is 3.31. The molecule has 32 heavy (non-hydrogen) atoms. The van der Waals surface area contributed by atoms with Gasteiger partial charge in [0.15, 0.2) is 0 Å². The van der Waals surface area contributed by atoms with Crippen molar-refractivity contribution < 1.29 is 23.1 Å². The van der Waals surface area contributed by atoms with Crippen molar-refractivity contribution in [3.63, 3.8) is 0 Å². The highest BCUT2D eigenvalue weighted by Crippen LogP contribution is 2.34. The fourth-order valence-electron chi connectivity index (χ4n) is 3.91. The molecule has 0 saturated carbocycles. The third kappa shape index (κ3) is 4.30. The van der Waals surface area contributed by atoms with Gasteiger partial charge < -0.3 is 9.67 Å². The zero-order chi connectivity index (χ0) is 22.9. The number of nitrogens with zero attached hydrogens (tertiary/aromatic N) is 1. The van der Waals surface area contributed by atoms with E-state index in [1.165, 1.54) is 12.1 Å². The zero-order valence-corrected chi connectivity index (χ0v) is 17.2. The van der Waals surface area contributed by atoms with Crippen LogP contribution in [0.25, 0.3) is 16.5 Å². The van der Waals surface area contributed by atoms with Gasteiger partial charge in [0.25, 0.3) is 0 Å². The monoisotopic (exact) mass is 435 g/mol. The van der Waals surface area contributed by atoms with Gasteiger partial charge in [-0.3, -0.25) is 0 Å². The highest BCUT2D eigenvalue weighted by atomic mass is 19.4. The lowest BCUT2D eigenvalue weighted by atomic mass is 9.97. The average molecular weight is 435 g/mol. The number of carboxylic acids is 1. The lowest BCUT2D eigenvalue weighted by Crippen LogP contribution is -2.12. The second kappa shape index (κ2) is 8.38. The number of hydrogen-bond donors (Lipinski definition) is 1. The lowest BCUT2D eigenvalue weighted by Gasteiger charge is -2.22. The number of allylic oxidation sites excluding steroid dienone is 1. The molecule has 0 aliphatic heterocycles. The van der Waals surface area contributed by atoms with Crippen molar-refractivity contribution in [2.24, 2.45) is 0 Å². The Morgan fingerprint density at radius 2 is 1.59 bits per heavy atom. The van der Waals surface area contributed by atoms with Gasteiger partial charge in [-0.05, 0) is 59.5 Å². The topological polar surface area (TPSA) is 42.2 Å². The summed E-state index contributed by atoms with van der Waals surface area (Å²) in [5, 5.41) is 9.92. The molecule has 0 amide bonds. The van der Waals surface area contributed by atoms with Gasteiger partial charge in [-0.1, -0.05) is 48.5 Å². The van der Waals surface area contributed by atoms with E-state index in [0.29, 0.717) is 5.57 Å². The Morgan fingerprint density at radius 3 is 2.22 bits per heavy atom. The molecule has 1 N–H and O–H groups in total. The van der Waals surface area contributed by atoms with Crippen molar-refractivity contribution in [3.05, 3.63) is 113 Å².